The maximum atomic E-state index is 13.2. The number of pyridine rings is 3. The Kier molecular flexibility index (Phi) is 25.3. The van der Waals surface area contributed by atoms with Crippen LogP contribution < -0.4 is 0 Å². The monoisotopic (exact) mass is 1730 g/mol. The summed E-state index contributed by atoms with van der Waals surface area (Å²) >= 11 is 19.7. The summed E-state index contributed by atoms with van der Waals surface area (Å²) in [4.78, 5) is 79.5. The van der Waals surface area contributed by atoms with Gasteiger partial charge in [0.05, 0.1) is 89.9 Å². The van der Waals surface area contributed by atoms with E-state index in [1.807, 2.05) is 177 Å². The Morgan fingerprint density at radius 3 is 0.870 bits per heavy atom. The van der Waals surface area contributed by atoms with Gasteiger partial charge in [0, 0.05) is 133 Å². The van der Waals surface area contributed by atoms with Crippen molar-refractivity contribution in [3.8, 4) is 0 Å². The van der Waals surface area contributed by atoms with E-state index < -0.39 is 16.8 Å². The summed E-state index contributed by atoms with van der Waals surface area (Å²) in [6, 6.07) is 29.0. The fraction of sp³-hybridized carbons (Fsp3) is 0.469. The number of hydrogen-bond acceptors (Lipinski definition) is 18. The van der Waals surface area contributed by atoms with Crippen molar-refractivity contribution in [3.05, 3.63) is 246 Å². The maximum absolute atomic E-state index is 13.2. The number of ether oxygens (including phenoxy) is 3. The van der Waals surface area contributed by atoms with Gasteiger partial charge in [-0.15, -0.1) is 0 Å². The van der Waals surface area contributed by atoms with Crippen molar-refractivity contribution in [1.29, 1.82) is 0 Å². The first-order valence-electron chi connectivity index (χ1n) is 43.6. The van der Waals surface area contributed by atoms with Crippen LogP contribution >= 0.6 is 34.8 Å². The Morgan fingerprint density at radius 2 is 0.634 bits per heavy atom. The fourth-order valence-electron chi connectivity index (χ4n) is 20.2. The summed E-state index contributed by atoms with van der Waals surface area (Å²) in [6.45, 7) is 19.1. The molecule has 24 nitrogen and oxygen atoms in total. The van der Waals surface area contributed by atoms with Gasteiger partial charge in [-0.3, -0.25) is 29.7 Å². The van der Waals surface area contributed by atoms with Crippen LogP contribution in [0, 0.1) is 0 Å². The predicted octanol–water partition coefficient (Wildman–Crippen LogP) is 17.4. The molecular weight excluding hydrogens is 1610 g/mol. The van der Waals surface area contributed by atoms with Gasteiger partial charge in [-0.1, -0.05) is 90.5 Å². The Morgan fingerprint density at radius 1 is 0.382 bits per heavy atom. The van der Waals surface area contributed by atoms with E-state index in [-0.39, 0.29) is 53.2 Å². The number of rotatable bonds is 12. The van der Waals surface area contributed by atoms with E-state index in [1.54, 1.807) is 58.3 Å². The largest absolute Gasteiger partial charge is 0.443 e. The molecule has 123 heavy (non-hydrogen) atoms. The second-order valence-corrected chi connectivity index (χ2v) is 37.4. The molecule has 6 fully saturated rings. The summed E-state index contributed by atoms with van der Waals surface area (Å²) in [5, 5.41) is 37.9. The van der Waals surface area contributed by atoms with Crippen LogP contribution in [0.15, 0.2) is 147 Å². The molecule has 3 aliphatic heterocycles. The first kappa shape index (κ1) is 86.9. The standard InChI is InChI=1S/3C32H38ClN5O3/c3*1-31(11-5-4-6-12-31)41-30(39)38-16-14-37(15-17-38)29-24-10-9-23(33)19-25(24)26(18-22-8-7-13-35-28(22)29)32(2,40)27-20-34-21-36(27)3/h3*7-10,13,18-21,29,40H,4-6,11-12,14-17H2,1-3H3/t29-,32?;29-,32+;29-,32-/m000/s1. The van der Waals surface area contributed by atoms with Gasteiger partial charge in [-0.2, -0.15) is 0 Å². The van der Waals surface area contributed by atoms with Gasteiger partial charge in [-0.25, -0.2) is 29.3 Å². The minimum absolute atomic E-state index is 0.177. The molecule has 0 radical (unpaired) electrons. The van der Waals surface area contributed by atoms with Gasteiger partial charge in [0.1, 0.15) is 33.6 Å². The molecule has 648 valence electrons. The summed E-state index contributed by atoms with van der Waals surface area (Å²) in [5.74, 6) is 0. The van der Waals surface area contributed by atoms with E-state index in [0.717, 1.165) is 161 Å². The lowest BCUT2D eigenvalue weighted by molar-refractivity contribution is -0.0283. The van der Waals surface area contributed by atoms with Crippen molar-refractivity contribution < 1.29 is 43.9 Å². The zero-order valence-corrected chi connectivity index (χ0v) is 74.3. The van der Waals surface area contributed by atoms with Gasteiger partial charge in [0.2, 0.25) is 0 Å². The lowest BCUT2D eigenvalue weighted by Gasteiger charge is -2.41. The third-order valence-electron chi connectivity index (χ3n) is 27.2. The van der Waals surface area contributed by atoms with Gasteiger partial charge in [0.15, 0.2) is 0 Å². The number of carbonyl (C=O) groups is 3. The Balaban J connectivity index is 0.000000137. The lowest BCUT2D eigenvalue weighted by Crippen LogP contribution is -2.51. The maximum Gasteiger partial charge on any atom is 0.410 e. The summed E-state index contributed by atoms with van der Waals surface area (Å²) in [7, 11) is 5.64. The highest BCUT2D eigenvalue weighted by molar-refractivity contribution is 6.31. The van der Waals surface area contributed by atoms with Crippen molar-refractivity contribution in [2.75, 3.05) is 78.5 Å². The number of benzene rings is 3. The third kappa shape index (κ3) is 18.1. The number of imidazole rings is 3. The second-order valence-electron chi connectivity index (χ2n) is 36.1. The number of aryl methyl sites for hydroxylation is 3. The van der Waals surface area contributed by atoms with Crippen LogP contribution in [0.2, 0.25) is 15.1 Å². The number of amides is 3. The molecule has 18 rings (SSSR count). The highest BCUT2D eigenvalue weighted by atomic mass is 35.5. The van der Waals surface area contributed by atoms with Crippen LogP contribution in [-0.2, 0) is 52.2 Å². The first-order valence-corrected chi connectivity index (χ1v) is 44.8. The number of carbonyl (C=O) groups excluding carboxylic acids is 3. The molecule has 0 bridgehead atoms. The molecule has 6 aliphatic carbocycles. The van der Waals surface area contributed by atoms with Crippen molar-refractivity contribution in [3.63, 3.8) is 0 Å². The minimum Gasteiger partial charge on any atom is -0.443 e. The first-order chi connectivity index (χ1) is 59.0. The highest BCUT2D eigenvalue weighted by Crippen LogP contribution is 2.52. The molecule has 9 aliphatic rings. The Hall–Kier alpha value is -9.60. The quantitative estimate of drug-likeness (QED) is 0.0961. The van der Waals surface area contributed by atoms with Gasteiger partial charge in [0.25, 0.3) is 0 Å². The van der Waals surface area contributed by atoms with Crippen LogP contribution in [0.1, 0.15) is 240 Å². The molecule has 3 saturated heterocycles. The Labute approximate surface area is 736 Å². The number of hydrogen-bond donors (Lipinski definition) is 3. The van der Waals surface area contributed by atoms with Crippen molar-refractivity contribution in [2.24, 2.45) is 21.1 Å². The van der Waals surface area contributed by atoms with E-state index in [9.17, 15) is 29.7 Å². The van der Waals surface area contributed by atoms with Crippen molar-refractivity contribution in [2.45, 2.75) is 190 Å². The zero-order chi connectivity index (χ0) is 86.3. The molecule has 9 aromatic rings. The van der Waals surface area contributed by atoms with Crippen LogP contribution in [0.25, 0.3) is 34.9 Å². The second kappa shape index (κ2) is 35.8. The number of aliphatic hydroxyl groups is 3. The third-order valence-corrected chi connectivity index (χ3v) is 27.9. The fourth-order valence-corrected chi connectivity index (χ4v) is 20.7. The van der Waals surface area contributed by atoms with Crippen LogP contribution in [0.3, 0.4) is 0 Å². The molecule has 6 atom stereocenters. The van der Waals surface area contributed by atoms with Crippen LogP contribution in [0.5, 0.6) is 0 Å². The average Bonchev–Trinajstić information content (AvgIpc) is 1.63. The average molecular weight is 1730 g/mol. The number of aromatic nitrogens is 9. The van der Waals surface area contributed by atoms with Gasteiger partial charge < -0.3 is 57.9 Å². The molecular formula is C96H114Cl3N15O9. The summed E-state index contributed by atoms with van der Waals surface area (Å²) in [6.07, 6.45) is 37.0. The van der Waals surface area contributed by atoms with E-state index >= 15 is 0 Å². The van der Waals surface area contributed by atoms with E-state index in [0.29, 0.717) is 111 Å². The van der Waals surface area contributed by atoms with Gasteiger partial charge in [-0.05, 0) is 258 Å². The highest BCUT2D eigenvalue weighted by Gasteiger charge is 2.46. The van der Waals surface area contributed by atoms with Gasteiger partial charge >= 0.3 is 18.3 Å². The molecule has 3 N–H and O–H groups in total. The predicted molar refractivity (Wildman–Crippen MR) is 478 cm³/mol. The summed E-state index contributed by atoms with van der Waals surface area (Å²) < 4.78 is 23.6. The molecule has 3 amide bonds. The van der Waals surface area contributed by atoms with E-state index in [4.69, 9.17) is 64.0 Å². The van der Waals surface area contributed by atoms with Crippen molar-refractivity contribution in [1.82, 2.24) is 73.0 Å². The smallest absolute Gasteiger partial charge is 0.410 e. The lowest BCUT2D eigenvalue weighted by atomic mass is 9.84. The molecule has 0 spiro atoms. The minimum atomic E-state index is -1.34. The molecule has 3 aromatic carbocycles. The Bertz CT molecular complexity index is 4930. The SMILES string of the molecule is Cn1cncc1C(C)(O)C1=Cc2cccnc2[C@@H](N2CCN(C(=O)OC3(C)CCCCC3)CC2)c2ccc(Cl)cc21.Cn1cncc1[C@@](C)(O)C1=Cc2cccnc2[C@@H](N2CCN(C(=O)OC3(C)CCCCC3)CC2)c2ccc(Cl)cc21.Cn1cncc1[C@](C)(O)C1=Cc2cccnc2[C@@H](N2CCN(C(=O)OC3(C)CCCCC3)CC2)c2ccc(Cl)cc21. The molecule has 9 heterocycles. The van der Waals surface area contributed by atoms with Crippen LogP contribution in [0.4, 0.5) is 14.4 Å². The molecule has 1 unspecified atom stereocenters. The molecule has 6 aromatic heterocycles. The normalized spacial score (nSPS) is 22.1. The number of fused-ring (bicyclic) bond motifs is 6. The molecule has 3 saturated carbocycles. The van der Waals surface area contributed by atoms with Crippen LogP contribution in [-0.4, -0.2) is 202 Å². The van der Waals surface area contributed by atoms with E-state index in [2.05, 4.69) is 50.4 Å². The van der Waals surface area contributed by atoms with Crippen molar-refractivity contribution >= 4 is 88.0 Å². The number of halogens is 3. The van der Waals surface area contributed by atoms with E-state index in [1.165, 1.54) is 19.3 Å². The zero-order valence-electron chi connectivity index (χ0n) is 72.0. The number of nitrogens with zero attached hydrogens (tertiary/aromatic N) is 15. The number of piperazine rings is 3. The summed E-state index contributed by atoms with van der Waals surface area (Å²) in [5.41, 5.74) is 10.4. The molecule has 27 heteroatoms. The topological polar surface area (TPSA) is 251 Å².